The number of aryl methyl sites for hydroxylation is 1. The lowest BCUT2D eigenvalue weighted by Crippen LogP contribution is -2.21. The number of rotatable bonds is 6. The molecule has 3 aromatic rings. The van der Waals surface area contributed by atoms with Gasteiger partial charge in [-0.3, -0.25) is 4.79 Å². The number of carbonyl (C=O) groups excluding carboxylic acids is 1. The number of carbonyl (C=O) groups is 1. The average Bonchev–Trinajstić information content (AvgIpc) is 3.19. The molecule has 3 rings (SSSR count). The van der Waals surface area contributed by atoms with Gasteiger partial charge >= 0.3 is 0 Å². The highest BCUT2D eigenvalue weighted by atomic mass is 16.5. The molecule has 120 valence electrons. The fourth-order valence-corrected chi connectivity index (χ4v) is 2.37. The molecule has 0 saturated heterocycles. The summed E-state index contributed by atoms with van der Waals surface area (Å²) < 4.78 is 10.6. The van der Waals surface area contributed by atoms with Crippen LogP contribution in [0.15, 0.2) is 35.1 Å². The summed E-state index contributed by atoms with van der Waals surface area (Å²) in [6.45, 7) is 4.70. The highest BCUT2D eigenvalue weighted by molar-refractivity contribution is 5.83. The zero-order valence-corrected chi connectivity index (χ0v) is 13.2. The second kappa shape index (κ2) is 6.56. The third-order valence-electron chi connectivity index (χ3n) is 3.64. The van der Waals surface area contributed by atoms with Crippen molar-refractivity contribution >= 4 is 16.8 Å². The lowest BCUT2D eigenvalue weighted by molar-refractivity contribution is -0.120. The van der Waals surface area contributed by atoms with E-state index in [0.717, 1.165) is 33.6 Å². The van der Waals surface area contributed by atoms with Crippen LogP contribution in [-0.4, -0.2) is 16.0 Å². The Labute approximate surface area is 133 Å². The Bertz CT molecular complexity index is 806. The Morgan fingerprint density at radius 3 is 3.00 bits per heavy atom. The van der Waals surface area contributed by atoms with Crippen molar-refractivity contribution in [3.05, 3.63) is 47.5 Å². The molecular weight excluding hydrogens is 294 g/mol. The number of H-pyrrole nitrogens is 1. The quantitative estimate of drug-likeness (QED) is 0.733. The number of ether oxygens (including phenoxy) is 1. The Kier molecular flexibility index (Phi) is 4.32. The van der Waals surface area contributed by atoms with Gasteiger partial charge in [0.1, 0.15) is 24.3 Å². The first-order chi connectivity index (χ1) is 11.2. The summed E-state index contributed by atoms with van der Waals surface area (Å²) in [5.41, 5.74) is 3.74. The molecule has 2 N–H and O–H groups in total. The molecule has 0 radical (unpaired) electrons. The van der Waals surface area contributed by atoms with Crippen LogP contribution in [0.25, 0.3) is 10.9 Å². The van der Waals surface area contributed by atoms with Crippen LogP contribution >= 0.6 is 0 Å². The number of aromatic amines is 1. The van der Waals surface area contributed by atoms with Crippen LogP contribution in [0.2, 0.25) is 0 Å². The van der Waals surface area contributed by atoms with E-state index >= 15 is 0 Å². The second-order valence-electron chi connectivity index (χ2n) is 5.41. The monoisotopic (exact) mass is 313 g/mol. The van der Waals surface area contributed by atoms with E-state index < -0.39 is 0 Å². The average molecular weight is 313 g/mol. The number of hydrogen-bond donors (Lipinski definition) is 2. The molecule has 0 aliphatic rings. The van der Waals surface area contributed by atoms with Gasteiger partial charge < -0.3 is 19.6 Å². The minimum Gasteiger partial charge on any atom is -0.487 e. The van der Waals surface area contributed by atoms with E-state index in [1.165, 1.54) is 6.26 Å². The number of hydrogen-bond acceptors (Lipinski definition) is 4. The summed E-state index contributed by atoms with van der Waals surface area (Å²) in [6, 6.07) is 7.85. The SMILES string of the molecule is CCC(=O)NCc1cc2cc(C)c(OCc3ccon3)cc2[nH]1. The second-order valence-corrected chi connectivity index (χ2v) is 5.41. The van der Waals surface area contributed by atoms with Gasteiger partial charge in [0, 0.05) is 35.2 Å². The van der Waals surface area contributed by atoms with Crippen LogP contribution in [0.4, 0.5) is 0 Å². The lowest BCUT2D eigenvalue weighted by atomic mass is 10.1. The summed E-state index contributed by atoms with van der Waals surface area (Å²) in [6.07, 6.45) is 2.01. The molecule has 6 nitrogen and oxygen atoms in total. The Morgan fingerprint density at radius 2 is 2.26 bits per heavy atom. The van der Waals surface area contributed by atoms with Crippen molar-refractivity contribution in [2.24, 2.45) is 0 Å². The smallest absolute Gasteiger partial charge is 0.220 e. The van der Waals surface area contributed by atoms with E-state index in [4.69, 9.17) is 9.26 Å². The van der Waals surface area contributed by atoms with Crippen molar-refractivity contribution in [3.8, 4) is 5.75 Å². The molecule has 0 unspecified atom stereocenters. The molecule has 0 spiro atoms. The number of aromatic nitrogens is 2. The maximum atomic E-state index is 11.3. The van der Waals surface area contributed by atoms with Crippen molar-refractivity contribution in [3.63, 3.8) is 0 Å². The summed E-state index contributed by atoms with van der Waals surface area (Å²) in [5.74, 6) is 0.836. The maximum absolute atomic E-state index is 11.3. The topological polar surface area (TPSA) is 80.2 Å². The number of amides is 1. The minimum atomic E-state index is 0.0384. The first kappa shape index (κ1) is 15.1. The standard InChI is InChI=1S/C17H19N3O3/c1-3-17(21)18-9-14-7-12-6-11(2)16(8-15(12)19-14)22-10-13-4-5-23-20-13/h4-8,19H,3,9-10H2,1-2H3,(H,18,21). The van der Waals surface area contributed by atoms with Crippen LogP contribution in [0, 0.1) is 6.92 Å². The Hall–Kier alpha value is -2.76. The van der Waals surface area contributed by atoms with Gasteiger partial charge in [0.05, 0.1) is 6.54 Å². The molecule has 1 amide bonds. The summed E-state index contributed by atoms with van der Waals surface area (Å²) in [5, 5.41) is 7.79. The third kappa shape index (κ3) is 3.53. The highest BCUT2D eigenvalue weighted by Gasteiger charge is 2.08. The summed E-state index contributed by atoms with van der Waals surface area (Å²) in [7, 11) is 0. The van der Waals surface area contributed by atoms with Gasteiger partial charge in [0.25, 0.3) is 0 Å². The number of nitrogens with one attached hydrogen (secondary N) is 2. The van der Waals surface area contributed by atoms with E-state index in [1.807, 2.05) is 26.0 Å². The van der Waals surface area contributed by atoms with Gasteiger partial charge in [-0.2, -0.15) is 0 Å². The first-order valence-electron chi connectivity index (χ1n) is 7.56. The van der Waals surface area contributed by atoms with Crippen molar-refractivity contribution in [2.75, 3.05) is 0 Å². The maximum Gasteiger partial charge on any atom is 0.220 e. The van der Waals surface area contributed by atoms with Gasteiger partial charge in [0.2, 0.25) is 5.91 Å². The Balaban J connectivity index is 1.75. The molecule has 1 aromatic carbocycles. The van der Waals surface area contributed by atoms with Gasteiger partial charge in [-0.25, -0.2) is 0 Å². The van der Waals surface area contributed by atoms with Gasteiger partial charge in [0.15, 0.2) is 0 Å². The van der Waals surface area contributed by atoms with Crippen molar-refractivity contribution in [2.45, 2.75) is 33.4 Å². The third-order valence-corrected chi connectivity index (χ3v) is 3.64. The molecule has 2 aromatic heterocycles. The molecule has 0 bridgehead atoms. The van der Waals surface area contributed by atoms with Crippen molar-refractivity contribution in [1.29, 1.82) is 0 Å². The van der Waals surface area contributed by atoms with Crippen LogP contribution in [0.5, 0.6) is 5.75 Å². The number of benzene rings is 1. The van der Waals surface area contributed by atoms with Crippen LogP contribution < -0.4 is 10.1 Å². The molecular formula is C17H19N3O3. The first-order valence-corrected chi connectivity index (χ1v) is 7.56. The summed E-state index contributed by atoms with van der Waals surface area (Å²) >= 11 is 0. The zero-order chi connectivity index (χ0) is 16.2. The normalized spacial score (nSPS) is 10.9. The molecule has 0 saturated carbocycles. The fourth-order valence-electron chi connectivity index (χ4n) is 2.37. The lowest BCUT2D eigenvalue weighted by Gasteiger charge is -2.07. The van der Waals surface area contributed by atoms with E-state index in [9.17, 15) is 4.79 Å². The molecule has 6 heteroatoms. The number of nitrogens with zero attached hydrogens (tertiary/aromatic N) is 1. The molecule has 0 fully saturated rings. The zero-order valence-electron chi connectivity index (χ0n) is 13.2. The molecule has 0 aliphatic heterocycles. The van der Waals surface area contributed by atoms with Gasteiger partial charge in [-0.1, -0.05) is 12.1 Å². The van der Waals surface area contributed by atoms with E-state index in [2.05, 4.69) is 21.5 Å². The highest BCUT2D eigenvalue weighted by Crippen LogP contribution is 2.26. The predicted octanol–water partition coefficient (Wildman–Crippen LogP) is 3.07. The van der Waals surface area contributed by atoms with Crippen LogP contribution in [0.1, 0.15) is 30.3 Å². The van der Waals surface area contributed by atoms with E-state index in [1.54, 1.807) is 6.07 Å². The van der Waals surface area contributed by atoms with Gasteiger partial charge in [-0.15, -0.1) is 0 Å². The summed E-state index contributed by atoms with van der Waals surface area (Å²) in [4.78, 5) is 14.7. The van der Waals surface area contributed by atoms with Crippen LogP contribution in [0.3, 0.4) is 0 Å². The predicted molar refractivity (Wildman–Crippen MR) is 86.0 cm³/mol. The van der Waals surface area contributed by atoms with Crippen molar-refractivity contribution < 1.29 is 14.1 Å². The van der Waals surface area contributed by atoms with Crippen molar-refractivity contribution in [1.82, 2.24) is 15.5 Å². The minimum absolute atomic E-state index is 0.0384. The molecule has 0 atom stereocenters. The molecule has 0 aliphatic carbocycles. The molecule has 2 heterocycles. The van der Waals surface area contributed by atoms with E-state index in [0.29, 0.717) is 19.6 Å². The fraction of sp³-hybridized carbons (Fsp3) is 0.294. The van der Waals surface area contributed by atoms with E-state index in [-0.39, 0.29) is 5.91 Å². The Morgan fingerprint density at radius 1 is 1.39 bits per heavy atom. The number of fused-ring (bicyclic) bond motifs is 1. The van der Waals surface area contributed by atoms with Crippen LogP contribution in [-0.2, 0) is 17.9 Å². The van der Waals surface area contributed by atoms with Gasteiger partial charge in [-0.05, 0) is 24.6 Å². The largest absolute Gasteiger partial charge is 0.487 e. The molecule has 23 heavy (non-hydrogen) atoms.